The number of carbonyl (C=O) groups excluding carboxylic acids is 2. The fraction of sp³-hybridized carbons (Fsp3) is 0.250. The van der Waals surface area contributed by atoms with E-state index in [0.717, 1.165) is 5.56 Å². The van der Waals surface area contributed by atoms with Crippen LogP contribution in [0.3, 0.4) is 0 Å². The van der Waals surface area contributed by atoms with Crippen molar-refractivity contribution in [1.82, 2.24) is 9.80 Å². The molecule has 0 aliphatic carbocycles. The number of benzene rings is 2. The minimum Gasteiger partial charge on any atom is -0.459 e. The molecule has 8 heteroatoms. The van der Waals surface area contributed by atoms with E-state index >= 15 is 0 Å². The minimum atomic E-state index is -0.555. The molecule has 1 fully saturated rings. The third kappa shape index (κ3) is 5.20. The predicted molar refractivity (Wildman–Crippen MR) is 111 cm³/mol. The van der Waals surface area contributed by atoms with E-state index in [-0.39, 0.29) is 56.1 Å². The van der Waals surface area contributed by atoms with Crippen LogP contribution in [-0.4, -0.2) is 47.4 Å². The zero-order valence-electron chi connectivity index (χ0n) is 17.2. The average molecular weight is 440 g/mol. The molecule has 2 heterocycles. The van der Waals surface area contributed by atoms with Crippen LogP contribution in [0.5, 0.6) is 0 Å². The largest absolute Gasteiger partial charge is 0.459 e. The van der Waals surface area contributed by atoms with Gasteiger partial charge in [-0.25, -0.2) is 8.78 Å². The molecular weight excluding hydrogens is 418 g/mol. The first-order valence-corrected chi connectivity index (χ1v) is 10.2. The zero-order valence-corrected chi connectivity index (χ0v) is 17.2. The highest BCUT2D eigenvalue weighted by Gasteiger charge is 2.32. The van der Waals surface area contributed by atoms with Gasteiger partial charge >= 0.3 is 0 Å². The summed E-state index contributed by atoms with van der Waals surface area (Å²) in [6, 6.07) is 15.3. The molecule has 0 N–H and O–H groups in total. The third-order valence-electron chi connectivity index (χ3n) is 5.27. The Morgan fingerprint density at radius 1 is 1.03 bits per heavy atom. The molecule has 2 amide bonds. The number of hydrogen-bond donors (Lipinski definition) is 0. The summed E-state index contributed by atoms with van der Waals surface area (Å²) >= 11 is 0. The fourth-order valence-electron chi connectivity index (χ4n) is 3.58. The van der Waals surface area contributed by atoms with Crippen LogP contribution in [-0.2, 0) is 22.7 Å². The molecule has 0 saturated carbocycles. The summed E-state index contributed by atoms with van der Waals surface area (Å²) in [6.45, 7) is 0.423. The molecule has 1 aliphatic rings. The van der Waals surface area contributed by atoms with Gasteiger partial charge in [0.15, 0.2) is 5.76 Å². The molecule has 166 valence electrons. The van der Waals surface area contributed by atoms with Crippen molar-refractivity contribution in [2.24, 2.45) is 0 Å². The van der Waals surface area contributed by atoms with Crippen molar-refractivity contribution in [1.29, 1.82) is 0 Å². The second-order valence-electron chi connectivity index (χ2n) is 7.59. The van der Waals surface area contributed by atoms with Crippen LogP contribution in [0.15, 0.2) is 71.3 Å². The van der Waals surface area contributed by atoms with E-state index in [1.807, 2.05) is 0 Å². The average Bonchev–Trinajstić information content (AvgIpc) is 3.28. The number of amides is 2. The molecule has 0 radical (unpaired) electrons. The van der Waals surface area contributed by atoms with Crippen LogP contribution in [0.25, 0.3) is 0 Å². The Hall–Kier alpha value is -3.52. The Balaban J connectivity index is 1.53. The summed E-state index contributed by atoms with van der Waals surface area (Å²) in [6.07, 6.45) is 0.834. The maximum atomic E-state index is 14.0. The highest BCUT2D eigenvalue weighted by Crippen LogP contribution is 2.17. The second kappa shape index (κ2) is 9.74. The van der Waals surface area contributed by atoms with Gasteiger partial charge in [-0.2, -0.15) is 0 Å². The van der Waals surface area contributed by atoms with Crippen LogP contribution in [0.4, 0.5) is 8.78 Å². The normalized spacial score (nSPS) is 16.8. The van der Waals surface area contributed by atoms with E-state index < -0.39 is 12.0 Å². The molecule has 6 nitrogen and oxygen atoms in total. The molecule has 32 heavy (non-hydrogen) atoms. The maximum absolute atomic E-state index is 14.0. The van der Waals surface area contributed by atoms with E-state index in [4.69, 9.17) is 9.15 Å². The Bertz CT molecular complexity index is 1070. The molecule has 2 aromatic carbocycles. The van der Waals surface area contributed by atoms with Gasteiger partial charge in [-0.15, -0.1) is 0 Å². The van der Waals surface area contributed by atoms with E-state index in [9.17, 15) is 18.4 Å². The van der Waals surface area contributed by atoms with Gasteiger partial charge in [0, 0.05) is 25.2 Å². The predicted octanol–water partition coefficient (Wildman–Crippen LogP) is 3.63. The second-order valence-corrected chi connectivity index (χ2v) is 7.59. The summed E-state index contributed by atoms with van der Waals surface area (Å²) in [5.41, 5.74) is 1.13. The standard InChI is InChI=1S/C24H22F2N2O4/c25-19-9-7-17(8-10-19)12-27-13-20(32-16-18-4-1-2-5-21(18)26)14-28(15-23(27)29)24(30)22-6-3-11-31-22/h1-11,20H,12-16H2. The molecule has 4 rings (SSSR count). The number of halogens is 2. The lowest BCUT2D eigenvalue weighted by molar-refractivity contribution is -0.132. The van der Waals surface area contributed by atoms with Gasteiger partial charge in [0.25, 0.3) is 5.91 Å². The zero-order chi connectivity index (χ0) is 22.5. The third-order valence-corrected chi connectivity index (χ3v) is 5.27. The molecular formula is C24H22F2N2O4. The van der Waals surface area contributed by atoms with Crippen molar-refractivity contribution < 1.29 is 27.5 Å². The van der Waals surface area contributed by atoms with Gasteiger partial charge < -0.3 is 19.0 Å². The minimum absolute atomic E-state index is 0.00129. The van der Waals surface area contributed by atoms with Crippen molar-refractivity contribution >= 4 is 11.8 Å². The Morgan fingerprint density at radius 2 is 1.81 bits per heavy atom. The number of rotatable bonds is 6. The van der Waals surface area contributed by atoms with Crippen LogP contribution >= 0.6 is 0 Å². The highest BCUT2D eigenvalue weighted by atomic mass is 19.1. The molecule has 0 bridgehead atoms. The Morgan fingerprint density at radius 3 is 2.53 bits per heavy atom. The lowest BCUT2D eigenvalue weighted by Gasteiger charge is -2.25. The van der Waals surface area contributed by atoms with Gasteiger partial charge in [-0.1, -0.05) is 30.3 Å². The van der Waals surface area contributed by atoms with Gasteiger partial charge in [0.05, 0.1) is 19.0 Å². The Kier molecular flexibility index (Phi) is 6.61. The maximum Gasteiger partial charge on any atom is 0.290 e. The van der Waals surface area contributed by atoms with Crippen molar-refractivity contribution in [2.45, 2.75) is 19.3 Å². The smallest absolute Gasteiger partial charge is 0.290 e. The van der Waals surface area contributed by atoms with Crippen molar-refractivity contribution in [3.8, 4) is 0 Å². The molecule has 1 atom stereocenters. The van der Waals surface area contributed by atoms with E-state index in [0.29, 0.717) is 5.56 Å². The molecule has 0 spiro atoms. The number of hydrogen-bond acceptors (Lipinski definition) is 4. The molecule has 1 aromatic heterocycles. The van der Waals surface area contributed by atoms with Gasteiger partial charge in [0.2, 0.25) is 5.91 Å². The van der Waals surface area contributed by atoms with Gasteiger partial charge in [-0.3, -0.25) is 9.59 Å². The van der Waals surface area contributed by atoms with Gasteiger partial charge in [-0.05, 0) is 35.9 Å². The van der Waals surface area contributed by atoms with Crippen LogP contribution in [0.2, 0.25) is 0 Å². The monoisotopic (exact) mass is 440 g/mol. The van der Waals surface area contributed by atoms with E-state index in [1.165, 1.54) is 35.4 Å². The first kappa shape index (κ1) is 21.7. The van der Waals surface area contributed by atoms with Crippen molar-refractivity contribution in [3.63, 3.8) is 0 Å². The number of furan rings is 1. The summed E-state index contributed by atoms with van der Waals surface area (Å²) in [5, 5.41) is 0. The highest BCUT2D eigenvalue weighted by molar-refractivity contribution is 5.94. The molecule has 1 saturated heterocycles. The van der Waals surface area contributed by atoms with Crippen molar-refractivity contribution in [2.75, 3.05) is 19.6 Å². The molecule has 1 aliphatic heterocycles. The molecule has 1 unspecified atom stereocenters. The summed E-state index contributed by atoms with van der Waals surface area (Å²) in [4.78, 5) is 28.7. The summed E-state index contributed by atoms with van der Waals surface area (Å²) in [7, 11) is 0. The topological polar surface area (TPSA) is 63.0 Å². The SMILES string of the molecule is O=C1CN(C(=O)c2ccco2)CC(OCc2ccccc2F)CN1Cc1ccc(F)cc1. The number of nitrogens with zero attached hydrogens (tertiary/aromatic N) is 2. The molecule has 3 aromatic rings. The van der Waals surface area contributed by atoms with Gasteiger partial charge in [0.1, 0.15) is 18.2 Å². The van der Waals surface area contributed by atoms with Crippen LogP contribution in [0, 0.1) is 11.6 Å². The van der Waals surface area contributed by atoms with Crippen molar-refractivity contribution in [3.05, 3.63) is 95.4 Å². The summed E-state index contributed by atoms with van der Waals surface area (Å²) in [5.74, 6) is -1.32. The fourth-order valence-corrected chi connectivity index (χ4v) is 3.58. The quantitative estimate of drug-likeness (QED) is 0.587. The van der Waals surface area contributed by atoms with Crippen LogP contribution in [0.1, 0.15) is 21.7 Å². The lowest BCUT2D eigenvalue weighted by atomic mass is 10.2. The van der Waals surface area contributed by atoms with E-state index in [2.05, 4.69) is 0 Å². The summed E-state index contributed by atoms with van der Waals surface area (Å²) < 4.78 is 38.4. The van der Waals surface area contributed by atoms with Crippen LogP contribution < -0.4 is 0 Å². The Labute approximate surface area is 184 Å². The van der Waals surface area contributed by atoms with E-state index in [1.54, 1.807) is 41.3 Å². The number of ether oxygens (including phenoxy) is 1. The first-order chi connectivity index (χ1) is 15.5. The number of carbonyl (C=O) groups is 2. The lowest BCUT2D eigenvalue weighted by Crippen LogP contribution is -2.39. The first-order valence-electron chi connectivity index (χ1n) is 10.2.